The second-order valence-corrected chi connectivity index (χ2v) is 18.2. The summed E-state index contributed by atoms with van der Waals surface area (Å²) >= 11 is 0. The van der Waals surface area contributed by atoms with E-state index in [0.717, 1.165) is 51.5 Å². The third kappa shape index (κ3) is 4.48. The predicted molar refractivity (Wildman–Crippen MR) is 186 cm³/mol. The minimum Gasteiger partial charge on any atom is -0.478 e. The van der Waals surface area contributed by atoms with E-state index < -0.39 is 5.97 Å². The summed E-state index contributed by atoms with van der Waals surface area (Å²) in [4.78, 5) is 27.0. The molecule has 1 aromatic carbocycles. The first kappa shape index (κ1) is 33.3. The number of amides is 2. The smallest absolute Gasteiger partial charge is 0.335 e. The molecule has 1 unspecified atom stereocenters. The van der Waals surface area contributed by atoms with E-state index in [1.54, 1.807) is 12.1 Å². The Hall–Kier alpha value is -2.16. The molecule has 1 saturated heterocycles. The van der Waals surface area contributed by atoms with Gasteiger partial charge in [0.2, 0.25) is 0 Å². The van der Waals surface area contributed by atoms with Crippen LogP contribution < -0.4 is 21.7 Å². The maximum Gasteiger partial charge on any atom is 0.335 e. The van der Waals surface area contributed by atoms with E-state index in [1.807, 2.05) is 14.1 Å². The van der Waals surface area contributed by atoms with E-state index >= 15 is 0 Å². The van der Waals surface area contributed by atoms with Crippen molar-refractivity contribution in [1.29, 1.82) is 0 Å². The van der Waals surface area contributed by atoms with Gasteiger partial charge in [-0.2, -0.15) is 0 Å². The van der Waals surface area contributed by atoms with E-state index in [2.05, 4.69) is 67.6 Å². The molecule has 1 heterocycles. The molecule has 47 heavy (non-hydrogen) atoms. The number of urea groups is 1. The van der Waals surface area contributed by atoms with Crippen molar-refractivity contribution >= 4 is 12.0 Å². The fourth-order valence-corrected chi connectivity index (χ4v) is 13.6. The van der Waals surface area contributed by atoms with Gasteiger partial charge in [0.05, 0.1) is 5.56 Å². The Morgan fingerprint density at radius 1 is 0.957 bits per heavy atom. The highest BCUT2D eigenvalue weighted by molar-refractivity contribution is 5.87. The quantitative estimate of drug-likeness (QED) is 0.232. The maximum absolute atomic E-state index is 13.4. The molecule has 5 saturated carbocycles. The summed E-state index contributed by atoms with van der Waals surface area (Å²) in [7, 11) is 4.08. The van der Waals surface area contributed by atoms with Crippen molar-refractivity contribution < 1.29 is 14.7 Å². The van der Waals surface area contributed by atoms with Crippen LogP contribution in [-0.4, -0.2) is 71.3 Å². The number of carbonyl (C=O) groups is 2. The number of benzene rings is 1. The van der Waals surface area contributed by atoms with E-state index in [9.17, 15) is 14.7 Å². The molecule has 6 N–H and O–H groups in total. The zero-order valence-electron chi connectivity index (χ0n) is 30.0. The first-order chi connectivity index (χ1) is 22.1. The highest BCUT2D eigenvalue weighted by atomic mass is 16.4. The van der Waals surface area contributed by atoms with Gasteiger partial charge in [0, 0.05) is 41.2 Å². The Morgan fingerprint density at radius 3 is 2.34 bits per heavy atom. The van der Waals surface area contributed by atoms with Crippen molar-refractivity contribution in [2.75, 3.05) is 27.2 Å². The number of hydrogen-bond donors (Lipinski definition) is 5. The highest BCUT2D eigenvalue weighted by Crippen LogP contribution is 2.78. The molecule has 0 aromatic heterocycles. The van der Waals surface area contributed by atoms with Crippen molar-refractivity contribution in [1.82, 2.24) is 20.9 Å². The van der Waals surface area contributed by atoms with E-state index in [0.29, 0.717) is 47.6 Å². The SMILES string of the molecule is CC(C)[C@@H]1CC[C@]2(NC(=O)NCCN(C)C)CC[C@]3(N)[C@H](CC[C@H]4[C@@]3(C)CC[C@@]35NC3(C)[C@H](c3ccc(C(=O)O)cc3)CC[C@]45C)[C@@H]12. The van der Waals surface area contributed by atoms with Crippen LogP contribution >= 0.6 is 0 Å². The zero-order valence-corrected chi connectivity index (χ0v) is 30.0. The third-order valence-electron chi connectivity index (χ3n) is 16.0. The summed E-state index contributed by atoms with van der Waals surface area (Å²) in [5.74, 6) is 2.02. The molecule has 11 atom stereocenters. The molecule has 2 amide bonds. The average molecular weight is 648 g/mol. The molecule has 1 spiro atoms. The second-order valence-electron chi connectivity index (χ2n) is 18.2. The van der Waals surface area contributed by atoms with Crippen molar-refractivity contribution in [2.24, 2.45) is 46.2 Å². The summed E-state index contributed by atoms with van der Waals surface area (Å²) in [5, 5.41) is 20.4. The normalized spacial score (nSPS) is 46.5. The number of rotatable bonds is 7. The van der Waals surface area contributed by atoms with Crippen molar-refractivity contribution in [3.63, 3.8) is 0 Å². The Morgan fingerprint density at radius 2 is 1.68 bits per heavy atom. The van der Waals surface area contributed by atoms with Crippen molar-refractivity contribution in [3.05, 3.63) is 35.4 Å². The van der Waals surface area contributed by atoms with Crippen LogP contribution in [-0.2, 0) is 0 Å². The van der Waals surface area contributed by atoms with E-state index in [4.69, 9.17) is 5.73 Å². The molecule has 7 rings (SSSR count). The van der Waals surface area contributed by atoms with Gasteiger partial charge in [-0.05, 0) is 143 Å². The summed E-state index contributed by atoms with van der Waals surface area (Å²) in [6, 6.07) is 7.66. The Kier molecular flexibility index (Phi) is 7.75. The number of hydrogen-bond acceptors (Lipinski definition) is 5. The van der Waals surface area contributed by atoms with E-state index in [-0.39, 0.29) is 39.0 Å². The topological polar surface area (TPSA) is 130 Å². The number of carboxylic acid groups (broad SMARTS) is 1. The maximum atomic E-state index is 13.4. The van der Waals surface area contributed by atoms with Crippen LogP contribution in [0.2, 0.25) is 0 Å². The molecule has 260 valence electrons. The van der Waals surface area contributed by atoms with Crippen LogP contribution in [0.1, 0.15) is 121 Å². The van der Waals surface area contributed by atoms with Gasteiger partial charge in [-0.25, -0.2) is 9.59 Å². The summed E-state index contributed by atoms with van der Waals surface area (Å²) in [5.41, 5.74) is 9.49. The van der Waals surface area contributed by atoms with Crippen molar-refractivity contribution in [3.8, 4) is 0 Å². The van der Waals surface area contributed by atoms with Gasteiger partial charge in [0.15, 0.2) is 0 Å². The van der Waals surface area contributed by atoms with Crippen LogP contribution in [0, 0.1) is 40.4 Å². The highest BCUT2D eigenvalue weighted by Gasteiger charge is 2.82. The molecule has 1 aromatic rings. The van der Waals surface area contributed by atoms with Crippen LogP contribution in [0.3, 0.4) is 0 Å². The number of nitrogens with one attached hydrogen (secondary N) is 3. The molecule has 5 aliphatic carbocycles. The van der Waals surface area contributed by atoms with Crippen LogP contribution in [0.15, 0.2) is 24.3 Å². The molecular weight excluding hydrogens is 586 g/mol. The molecule has 8 heteroatoms. The Labute approximate surface area is 282 Å². The molecule has 0 radical (unpaired) electrons. The molecule has 1 aliphatic heterocycles. The fourth-order valence-electron chi connectivity index (χ4n) is 13.6. The predicted octanol–water partition coefficient (Wildman–Crippen LogP) is 5.97. The van der Waals surface area contributed by atoms with Crippen LogP contribution in [0.5, 0.6) is 0 Å². The number of carboxylic acids is 1. The third-order valence-corrected chi connectivity index (χ3v) is 16.0. The number of aromatic carboxylic acids is 1. The van der Waals surface area contributed by atoms with E-state index in [1.165, 1.54) is 24.8 Å². The Balaban J connectivity index is 1.16. The molecule has 0 bridgehead atoms. The lowest BCUT2D eigenvalue weighted by molar-refractivity contribution is -0.178. The number of fused-ring (bicyclic) bond motifs is 6. The van der Waals surface area contributed by atoms with Crippen LogP contribution in [0.4, 0.5) is 4.79 Å². The lowest BCUT2D eigenvalue weighted by Gasteiger charge is -2.71. The molecule has 8 nitrogen and oxygen atoms in total. The summed E-state index contributed by atoms with van der Waals surface area (Å²) in [6.45, 7) is 13.9. The number of likely N-dealkylation sites (N-methyl/N-ethyl adjacent to an activating group) is 1. The number of nitrogens with zero attached hydrogens (tertiary/aromatic N) is 1. The second kappa shape index (κ2) is 10.9. The first-order valence-corrected chi connectivity index (χ1v) is 18.7. The lowest BCUT2D eigenvalue weighted by atomic mass is 9.35. The minimum atomic E-state index is -0.866. The van der Waals surface area contributed by atoms with Gasteiger partial charge < -0.3 is 31.7 Å². The summed E-state index contributed by atoms with van der Waals surface area (Å²) < 4.78 is 0. The van der Waals surface area contributed by atoms with Crippen molar-refractivity contribution in [2.45, 2.75) is 127 Å². The van der Waals surface area contributed by atoms with Gasteiger partial charge in [0.25, 0.3) is 0 Å². The standard InChI is InChI=1S/C39H61N5O3/c1-24(2)27-14-17-37(42-33(47)41-22-23-44(6)7)19-20-38(40)29(31(27)37)12-13-30-34(38,3)18-21-39-35(30,4)16-15-28(36(39,5)43-39)25-8-10-26(11-9-25)32(45)46/h8-11,24,27-31,43H,12-23,40H2,1-7H3,(H,45,46)(H2,41,42,47)/t27-,28-,29+,30-,31+,34+,35+,36?,37-,38-,39-/m0/s1. The fraction of sp³-hybridized carbons (Fsp3) is 0.795. The average Bonchev–Trinajstić information content (AvgIpc) is 3.48. The van der Waals surface area contributed by atoms with Gasteiger partial charge in [0.1, 0.15) is 0 Å². The van der Waals surface area contributed by atoms with Gasteiger partial charge in [-0.15, -0.1) is 0 Å². The summed E-state index contributed by atoms with van der Waals surface area (Å²) in [6.07, 6.45) is 11.1. The number of carbonyl (C=O) groups excluding carboxylic acids is 1. The first-order valence-electron chi connectivity index (χ1n) is 18.7. The van der Waals surface area contributed by atoms with Gasteiger partial charge >= 0.3 is 12.0 Å². The number of nitrogens with two attached hydrogens (primary N) is 1. The molecule has 6 fully saturated rings. The monoisotopic (exact) mass is 647 g/mol. The van der Waals surface area contributed by atoms with Gasteiger partial charge in [-0.1, -0.05) is 39.8 Å². The molecule has 6 aliphatic rings. The minimum absolute atomic E-state index is 0.00442. The molecular formula is C39H61N5O3. The van der Waals surface area contributed by atoms with Gasteiger partial charge in [-0.3, -0.25) is 0 Å². The lowest BCUT2D eigenvalue weighted by Crippen LogP contribution is -2.76. The van der Waals surface area contributed by atoms with Crippen LogP contribution in [0.25, 0.3) is 0 Å². The zero-order chi connectivity index (χ0) is 33.8. The Bertz CT molecular complexity index is 1420. The largest absolute Gasteiger partial charge is 0.478 e.